The first-order chi connectivity index (χ1) is 12.7. The summed E-state index contributed by atoms with van der Waals surface area (Å²) in [4.78, 5) is 4.84. The molecule has 0 aliphatic carbocycles. The highest BCUT2D eigenvalue weighted by Gasteiger charge is 2.11. The van der Waals surface area contributed by atoms with E-state index in [2.05, 4.69) is 16.7 Å². The molecule has 0 aliphatic heterocycles. The summed E-state index contributed by atoms with van der Waals surface area (Å²) in [6.45, 7) is 0.719. The summed E-state index contributed by atoms with van der Waals surface area (Å²) in [5.41, 5.74) is 11.7. The maximum absolute atomic E-state index is 8.98. The lowest BCUT2D eigenvalue weighted by Crippen LogP contribution is -2.06. The van der Waals surface area contributed by atoms with Crippen molar-refractivity contribution in [1.29, 1.82) is 5.26 Å². The molecule has 4 nitrogen and oxygen atoms in total. The SMILES string of the molecule is N#Cc1ccc(Cn2c(Cc3ccc(N)cc3)nc3ccccc32)cc1. The topological polar surface area (TPSA) is 67.6 Å². The van der Waals surface area contributed by atoms with Gasteiger partial charge in [0.2, 0.25) is 0 Å². The second-order valence-corrected chi connectivity index (χ2v) is 6.33. The Balaban J connectivity index is 1.73. The summed E-state index contributed by atoms with van der Waals surface area (Å²) >= 11 is 0. The molecule has 0 saturated carbocycles. The molecular weight excluding hydrogens is 320 g/mol. The first kappa shape index (κ1) is 15.9. The van der Waals surface area contributed by atoms with Gasteiger partial charge in [-0.05, 0) is 47.5 Å². The van der Waals surface area contributed by atoms with Gasteiger partial charge in [-0.1, -0.05) is 36.4 Å². The lowest BCUT2D eigenvalue weighted by molar-refractivity contribution is 0.762. The van der Waals surface area contributed by atoms with Gasteiger partial charge in [-0.25, -0.2) is 4.98 Å². The lowest BCUT2D eigenvalue weighted by atomic mass is 10.1. The fourth-order valence-corrected chi connectivity index (χ4v) is 3.12. The minimum Gasteiger partial charge on any atom is -0.399 e. The molecule has 0 fully saturated rings. The number of aromatic nitrogens is 2. The van der Waals surface area contributed by atoms with Crippen LogP contribution in [0.25, 0.3) is 11.0 Å². The number of nitrogens with two attached hydrogens (primary N) is 1. The van der Waals surface area contributed by atoms with Crippen LogP contribution in [0.15, 0.2) is 72.8 Å². The molecule has 0 aliphatic rings. The predicted octanol–water partition coefficient (Wildman–Crippen LogP) is 4.13. The van der Waals surface area contributed by atoms with E-state index in [9.17, 15) is 0 Å². The third-order valence-corrected chi connectivity index (χ3v) is 4.50. The molecule has 1 aromatic heterocycles. The summed E-state index contributed by atoms with van der Waals surface area (Å²) in [6.07, 6.45) is 0.741. The standard InChI is InChI=1S/C22H18N4/c23-14-17-5-7-18(8-6-17)15-26-21-4-2-1-3-20(21)25-22(26)13-16-9-11-19(24)12-10-16/h1-12H,13,15,24H2. The van der Waals surface area contributed by atoms with Crippen molar-refractivity contribution in [2.75, 3.05) is 5.73 Å². The number of nitrogens with zero attached hydrogens (tertiary/aromatic N) is 3. The second-order valence-electron chi connectivity index (χ2n) is 6.33. The Labute approximate surface area is 152 Å². The van der Waals surface area contributed by atoms with E-state index in [4.69, 9.17) is 16.0 Å². The van der Waals surface area contributed by atoms with Crippen LogP contribution in [0.4, 0.5) is 5.69 Å². The molecule has 0 atom stereocenters. The van der Waals surface area contributed by atoms with Crippen LogP contribution in [0.2, 0.25) is 0 Å². The minimum atomic E-state index is 0.673. The van der Waals surface area contributed by atoms with Gasteiger partial charge in [-0.2, -0.15) is 5.26 Å². The molecule has 0 spiro atoms. The van der Waals surface area contributed by atoms with Crippen LogP contribution in [-0.4, -0.2) is 9.55 Å². The molecule has 1 heterocycles. The maximum Gasteiger partial charge on any atom is 0.114 e. The number of hydrogen-bond acceptors (Lipinski definition) is 3. The second kappa shape index (κ2) is 6.73. The number of nitriles is 1. The normalized spacial score (nSPS) is 10.7. The van der Waals surface area contributed by atoms with Crippen molar-refractivity contribution >= 4 is 16.7 Å². The average molecular weight is 338 g/mol. The van der Waals surface area contributed by atoms with E-state index < -0.39 is 0 Å². The molecule has 0 saturated heterocycles. The van der Waals surface area contributed by atoms with Crippen LogP contribution < -0.4 is 5.73 Å². The summed E-state index contributed by atoms with van der Waals surface area (Å²) in [5.74, 6) is 1.01. The van der Waals surface area contributed by atoms with E-state index in [0.29, 0.717) is 5.56 Å². The molecular formula is C22H18N4. The maximum atomic E-state index is 8.98. The van der Waals surface area contributed by atoms with E-state index >= 15 is 0 Å². The number of fused-ring (bicyclic) bond motifs is 1. The van der Waals surface area contributed by atoms with Crippen molar-refractivity contribution in [3.8, 4) is 6.07 Å². The molecule has 3 aromatic carbocycles. The van der Waals surface area contributed by atoms with Gasteiger partial charge >= 0.3 is 0 Å². The number of nitrogen functional groups attached to an aromatic ring is 1. The van der Waals surface area contributed by atoms with Crippen molar-refractivity contribution in [2.45, 2.75) is 13.0 Å². The van der Waals surface area contributed by atoms with E-state index in [1.165, 1.54) is 5.56 Å². The Hall–Kier alpha value is -3.58. The molecule has 26 heavy (non-hydrogen) atoms. The summed E-state index contributed by atoms with van der Waals surface area (Å²) in [7, 11) is 0. The van der Waals surface area contributed by atoms with Crippen LogP contribution in [0, 0.1) is 11.3 Å². The quantitative estimate of drug-likeness (QED) is 0.569. The third kappa shape index (κ3) is 3.15. The van der Waals surface area contributed by atoms with Gasteiger partial charge < -0.3 is 10.3 Å². The highest BCUT2D eigenvalue weighted by atomic mass is 15.1. The summed E-state index contributed by atoms with van der Waals surface area (Å²) in [6, 6.07) is 26.0. The van der Waals surface area contributed by atoms with Crippen molar-refractivity contribution in [3.63, 3.8) is 0 Å². The van der Waals surface area contributed by atoms with E-state index in [1.54, 1.807) is 0 Å². The van der Waals surface area contributed by atoms with Gasteiger partial charge in [0.25, 0.3) is 0 Å². The van der Waals surface area contributed by atoms with E-state index in [1.807, 2.05) is 66.7 Å². The number of imidazole rings is 1. The average Bonchev–Trinajstić information content (AvgIpc) is 3.01. The van der Waals surface area contributed by atoms with Gasteiger partial charge in [0.05, 0.1) is 22.7 Å². The lowest BCUT2D eigenvalue weighted by Gasteiger charge is -2.10. The van der Waals surface area contributed by atoms with Crippen molar-refractivity contribution in [1.82, 2.24) is 9.55 Å². The van der Waals surface area contributed by atoms with Crippen molar-refractivity contribution in [2.24, 2.45) is 0 Å². The zero-order valence-electron chi connectivity index (χ0n) is 14.3. The molecule has 0 unspecified atom stereocenters. The molecule has 0 amide bonds. The largest absolute Gasteiger partial charge is 0.399 e. The fourth-order valence-electron chi connectivity index (χ4n) is 3.12. The molecule has 4 heteroatoms. The summed E-state index contributed by atoms with van der Waals surface area (Å²) in [5, 5.41) is 8.98. The van der Waals surface area contributed by atoms with Crippen LogP contribution in [0.5, 0.6) is 0 Å². The molecule has 126 valence electrons. The smallest absolute Gasteiger partial charge is 0.114 e. The van der Waals surface area contributed by atoms with Crippen molar-refractivity contribution < 1.29 is 0 Å². The monoisotopic (exact) mass is 338 g/mol. The van der Waals surface area contributed by atoms with Crippen LogP contribution in [-0.2, 0) is 13.0 Å². The van der Waals surface area contributed by atoms with Crippen LogP contribution in [0.1, 0.15) is 22.5 Å². The highest BCUT2D eigenvalue weighted by Crippen LogP contribution is 2.21. The first-order valence-corrected chi connectivity index (χ1v) is 8.50. The van der Waals surface area contributed by atoms with Crippen molar-refractivity contribution in [3.05, 3.63) is 95.3 Å². The number of hydrogen-bond donors (Lipinski definition) is 1. The fraction of sp³-hybridized carbons (Fsp3) is 0.0909. The van der Waals surface area contributed by atoms with Gasteiger partial charge in [-0.3, -0.25) is 0 Å². The number of para-hydroxylation sites is 2. The summed E-state index contributed by atoms with van der Waals surface area (Å²) < 4.78 is 2.24. The van der Waals surface area contributed by atoms with Gasteiger partial charge in [0, 0.05) is 18.7 Å². The number of anilines is 1. The van der Waals surface area contributed by atoms with Crippen LogP contribution in [0.3, 0.4) is 0 Å². The van der Waals surface area contributed by atoms with Crippen LogP contribution >= 0.6 is 0 Å². The Kier molecular flexibility index (Phi) is 4.12. The predicted molar refractivity (Wildman–Crippen MR) is 104 cm³/mol. The number of benzene rings is 3. The minimum absolute atomic E-state index is 0.673. The van der Waals surface area contributed by atoms with Gasteiger partial charge in [0.15, 0.2) is 0 Å². The van der Waals surface area contributed by atoms with E-state index in [0.717, 1.165) is 41.1 Å². The number of rotatable bonds is 4. The molecule has 0 radical (unpaired) electrons. The molecule has 0 bridgehead atoms. The molecule has 4 aromatic rings. The van der Waals surface area contributed by atoms with Gasteiger partial charge in [-0.15, -0.1) is 0 Å². The molecule has 4 rings (SSSR count). The zero-order valence-corrected chi connectivity index (χ0v) is 14.3. The Morgan fingerprint density at radius 2 is 1.58 bits per heavy atom. The van der Waals surface area contributed by atoms with E-state index in [-0.39, 0.29) is 0 Å². The first-order valence-electron chi connectivity index (χ1n) is 8.50. The van der Waals surface area contributed by atoms with Gasteiger partial charge in [0.1, 0.15) is 5.82 Å². The molecule has 2 N–H and O–H groups in total. The Morgan fingerprint density at radius 3 is 2.31 bits per heavy atom. The Morgan fingerprint density at radius 1 is 0.885 bits per heavy atom. The Bertz CT molecular complexity index is 1080. The third-order valence-electron chi connectivity index (χ3n) is 4.50. The zero-order chi connectivity index (χ0) is 17.9. The highest BCUT2D eigenvalue weighted by molar-refractivity contribution is 5.76.